The number of halogens is 1. The van der Waals surface area contributed by atoms with E-state index >= 15 is 0 Å². The summed E-state index contributed by atoms with van der Waals surface area (Å²) in [5.41, 5.74) is 1.95. The predicted octanol–water partition coefficient (Wildman–Crippen LogP) is 3.48. The Hall–Kier alpha value is -0.610. The molecule has 0 fully saturated rings. The molecule has 1 aromatic heterocycles. The van der Waals surface area contributed by atoms with Gasteiger partial charge in [-0.05, 0) is 25.5 Å². The molecule has 0 aliphatic heterocycles. The highest BCUT2D eigenvalue weighted by Gasteiger charge is 2.04. The van der Waals surface area contributed by atoms with Crippen LogP contribution in [0.25, 0.3) is 0 Å². The number of unbranched alkanes of at least 4 members (excludes halogenated alkanes) is 1. The second kappa shape index (κ2) is 8.48. The quantitative estimate of drug-likeness (QED) is 0.544. The van der Waals surface area contributed by atoms with E-state index in [1.807, 2.05) is 19.1 Å². The minimum absolute atomic E-state index is 0.578. The summed E-state index contributed by atoms with van der Waals surface area (Å²) in [4.78, 5) is 4.41. The van der Waals surface area contributed by atoms with Gasteiger partial charge in [-0.25, -0.2) is 0 Å². The van der Waals surface area contributed by atoms with Crippen LogP contribution in [0.15, 0.2) is 12.1 Å². The molecule has 0 aliphatic carbocycles. The van der Waals surface area contributed by atoms with E-state index in [-0.39, 0.29) is 0 Å². The van der Waals surface area contributed by atoms with Gasteiger partial charge in [0.05, 0.1) is 12.3 Å². The molecule has 0 bridgehead atoms. The van der Waals surface area contributed by atoms with E-state index in [1.54, 1.807) is 0 Å². The van der Waals surface area contributed by atoms with E-state index in [0.717, 1.165) is 36.6 Å². The molecule has 0 saturated carbocycles. The molecule has 0 spiro atoms. The SMILES string of the molecule is CCCCOCCOc1ccc(C)nc1CBr. The van der Waals surface area contributed by atoms with Gasteiger partial charge >= 0.3 is 0 Å². The molecule has 0 N–H and O–H groups in total. The first-order chi connectivity index (χ1) is 8.27. The molecule has 0 aliphatic rings. The van der Waals surface area contributed by atoms with Crippen LogP contribution < -0.4 is 4.74 Å². The molecule has 0 saturated heterocycles. The maximum Gasteiger partial charge on any atom is 0.141 e. The third-order valence-electron chi connectivity index (χ3n) is 2.33. The van der Waals surface area contributed by atoms with Crippen molar-refractivity contribution in [1.82, 2.24) is 4.98 Å². The summed E-state index contributed by atoms with van der Waals surface area (Å²) in [6.45, 7) is 6.16. The highest BCUT2D eigenvalue weighted by Crippen LogP contribution is 2.19. The monoisotopic (exact) mass is 301 g/mol. The van der Waals surface area contributed by atoms with Crippen LogP contribution in [0.3, 0.4) is 0 Å². The molecule has 96 valence electrons. The highest BCUT2D eigenvalue weighted by atomic mass is 79.9. The van der Waals surface area contributed by atoms with Gasteiger partial charge in [0.1, 0.15) is 12.4 Å². The highest BCUT2D eigenvalue weighted by molar-refractivity contribution is 9.08. The standard InChI is InChI=1S/C13H20BrNO2/c1-3-4-7-16-8-9-17-13-6-5-11(2)15-12(13)10-14/h5-6H,3-4,7-10H2,1-2H3. The summed E-state index contributed by atoms with van der Waals surface area (Å²) >= 11 is 3.41. The van der Waals surface area contributed by atoms with Crippen LogP contribution in [-0.4, -0.2) is 24.8 Å². The summed E-state index contributed by atoms with van der Waals surface area (Å²) < 4.78 is 11.1. The lowest BCUT2D eigenvalue weighted by atomic mass is 10.3. The van der Waals surface area contributed by atoms with E-state index in [2.05, 4.69) is 27.8 Å². The van der Waals surface area contributed by atoms with Crippen molar-refractivity contribution in [2.45, 2.75) is 32.0 Å². The van der Waals surface area contributed by atoms with Crippen LogP contribution >= 0.6 is 15.9 Å². The zero-order chi connectivity index (χ0) is 12.5. The first kappa shape index (κ1) is 14.5. The molecule has 17 heavy (non-hydrogen) atoms. The van der Waals surface area contributed by atoms with E-state index < -0.39 is 0 Å². The van der Waals surface area contributed by atoms with Crippen LogP contribution in [0.5, 0.6) is 5.75 Å². The van der Waals surface area contributed by atoms with Crippen LogP contribution in [0.1, 0.15) is 31.2 Å². The van der Waals surface area contributed by atoms with E-state index in [9.17, 15) is 0 Å². The van der Waals surface area contributed by atoms with Gasteiger partial charge in [-0.15, -0.1) is 0 Å². The van der Waals surface area contributed by atoms with Crippen LogP contribution in [0.2, 0.25) is 0 Å². The Morgan fingerprint density at radius 1 is 1.24 bits per heavy atom. The fourth-order valence-corrected chi connectivity index (χ4v) is 1.79. The molecule has 0 radical (unpaired) electrons. The lowest BCUT2D eigenvalue weighted by Crippen LogP contribution is -2.09. The van der Waals surface area contributed by atoms with Crippen molar-refractivity contribution in [2.24, 2.45) is 0 Å². The molecule has 0 unspecified atom stereocenters. The smallest absolute Gasteiger partial charge is 0.141 e. The number of pyridine rings is 1. The van der Waals surface area contributed by atoms with Crippen molar-refractivity contribution in [3.8, 4) is 5.75 Å². The number of ether oxygens (including phenoxy) is 2. The second-order valence-electron chi connectivity index (χ2n) is 3.85. The summed E-state index contributed by atoms with van der Waals surface area (Å²) in [7, 11) is 0. The first-order valence-corrected chi connectivity index (χ1v) is 7.13. The van der Waals surface area contributed by atoms with Crippen LogP contribution in [0, 0.1) is 6.92 Å². The molecule has 1 rings (SSSR count). The lowest BCUT2D eigenvalue weighted by molar-refractivity contribution is 0.0976. The fraction of sp³-hybridized carbons (Fsp3) is 0.615. The summed E-state index contributed by atoms with van der Waals surface area (Å²) in [6.07, 6.45) is 2.27. The van der Waals surface area contributed by atoms with Gasteiger partial charge in [-0.2, -0.15) is 0 Å². The summed E-state index contributed by atoms with van der Waals surface area (Å²) in [5.74, 6) is 0.839. The maximum absolute atomic E-state index is 5.65. The Labute approximate surface area is 112 Å². The molecule has 4 heteroatoms. The fourth-order valence-electron chi connectivity index (χ4n) is 1.38. The molecule has 1 heterocycles. The van der Waals surface area contributed by atoms with E-state index in [4.69, 9.17) is 9.47 Å². The first-order valence-electron chi connectivity index (χ1n) is 6.01. The molecule has 0 atom stereocenters. The average molecular weight is 302 g/mol. The summed E-state index contributed by atoms with van der Waals surface area (Å²) in [6, 6.07) is 3.92. The molecule has 3 nitrogen and oxygen atoms in total. The molecule has 0 amide bonds. The van der Waals surface area contributed by atoms with Crippen molar-refractivity contribution in [1.29, 1.82) is 0 Å². The lowest BCUT2D eigenvalue weighted by Gasteiger charge is -2.10. The van der Waals surface area contributed by atoms with Gasteiger partial charge in [0.25, 0.3) is 0 Å². The van der Waals surface area contributed by atoms with Crippen molar-refractivity contribution in [3.63, 3.8) is 0 Å². The topological polar surface area (TPSA) is 31.4 Å². The number of hydrogen-bond acceptors (Lipinski definition) is 3. The third kappa shape index (κ3) is 5.50. The Morgan fingerprint density at radius 3 is 2.76 bits per heavy atom. The average Bonchev–Trinajstić information content (AvgIpc) is 2.35. The number of rotatable bonds is 8. The molecule has 0 aromatic carbocycles. The van der Waals surface area contributed by atoms with Crippen molar-refractivity contribution >= 4 is 15.9 Å². The second-order valence-corrected chi connectivity index (χ2v) is 4.41. The zero-order valence-electron chi connectivity index (χ0n) is 10.5. The Kier molecular flexibility index (Phi) is 7.21. The van der Waals surface area contributed by atoms with Gasteiger partial charge < -0.3 is 9.47 Å². The zero-order valence-corrected chi connectivity index (χ0v) is 12.1. The molecular formula is C13H20BrNO2. The maximum atomic E-state index is 5.65. The molecule has 1 aromatic rings. The number of aryl methyl sites for hydroxylation is 1. The van der Waals surface area contributed by atoms with Crippen LogP contribution in [0.4, 0.5) is 0 Å². The number of hydrogen-bond donors (Lipinski definition) is 0. The normalized spacial score (nSPS) is 10.5. The Bertz CT molecular complexity index is 331. The van der Waals surface area contributed by atoms with Crippen molar-refractivity contribution in [3.05, 3.63) is 23.5 Å². The predicted molar refractivity (Wildman–Crippen MR) is 72.8 cm³/mol. The minimum atomic E-state index is 0.578. The van der Waals surface area contributed by atoms with Crippen LogP contribution in [-0.2, 0) is 10.1 Å². The Morgan fingerprint density at radius 2 is 2.06 bits per heavy atom. The number of aromatic nitrogens is 1. The number of nitrogens with zero attached hydrogens (tertiary/aromatic N) is 1. The third-order valence-corrected chi connectivity index (χ3v) is 2.86. The largest absolute Gasteiger partial charge is 0.489 e. The van der Waals surface area contributed by atoms with Gasteiger partial charge in [-0.1, -0.05) is 29.3 Å². The minimum Gasteiger partial charge on any atom is -0.489 e. The van der Waals surface area contributed by atoms with Crippen molar-refractivity contribution in [2.75, 3.05) is 19.8 Å². The van der Waals surface area contributed by atoms with Gasteiger partial charge in [0, 0.05) is 17.6 Å². The van der Waals surface area contributed by atoms with E-state index in [0.29, 0.717) is 18.5 Å². The van der Waals surface area contributed by atoms with Gasteiger partial charge in [-0.3, -0.25) is 4.98 Å². The van der Waals surface area contributed by atoms with Gasteiger partial charge in [0.15, 0.2) is 0 Å². The summed E-state index contributed by atoms with van der Waals surface area (Å²) in [5, 5.41) is 0.709. The Balaban J connectivity index is 2.31. The van der Waals surface area contributed by atoms with E-state index in [1.165, 1.54) is 0 Å². The molecular weight excluding hydrogens is 282 g/mol. The number of alkyl halides is 1. The van der Waals surface area contributed by atoms with Gasteiger partial charge in [0.2, 0.25) is 0 Å². The van der Waals surface area contributed by atoms with Crippen molar-refractivity contribution < 1.29 is 9.47 Å².